The van der Waals surface area contributed by atoms with E-state index < -0.39 is 6.17 Å². The smallest absolute Gasteiger partial charge is 0.179 e. The van der Waals surface area contributed by atoms with Gasteiger partial charge in [0.1, 0.15) is 6.17 Å². The fourth-order valence-corrected chi connectivity index (χ4v) is 1.10. The summed E-state index contributed by atoms with van der Waals surface area (Å²) in [6.45, 7) is 2.15. The van der Waals surface area contributed by atoms with Gasteiger partial charge in [-0.15, -0.1) is 0 Å². The number of hydrogen-bond donors (Lipinski definition) is 0. The molecule has 0 amide bonds. The average Bonchev–Trinajstić information content (AvgIpc) is 2.10. The van der Waals surface area contributed by atoms with E-state index in [1.165, 1.54) is 4.90 Å². The summed E-state index contributed by atoms with van der Waals surface area (Å²) in [5.41, 5.74) is 0. The van der Waals surface area contributed by atoms with Crippen molar-refractivity contribution in [1.82, 2.24) is 4.90 Å². The topological polar surface area (TPSA) is 27.0 Å². The van der Waals surface area contributed by atoms with E-state index in [-0.39, 0.29) is 12.6 Å². The number of nitriles is 1. The zero-order valence-corrected chi connectivity index (χ0v) is 5.34. The fourth-order valence-electron chi connectivity index (χ4n) is 1.10. The van der Waals surface area contributed by atoms with Gasteiger partial charge in [-0.05, 0) is 6.92 Å². The van der Waals surface area contributed by atoms with Gasteiger partial charge in [0.25, 0.3) is 0 Å². The molecule has 1 rings (SSSR count). The van der Waals surface area contributed by atoms with Gasteiger partial charge in [0, 0.05) is 12.5 Å². The molecule has 1 aliphatic heterocycles. The van der Waals surface area contributed by atoms with Crippen molar-refractivity contribution in [3.8, 4) is 6.19 Å². The van der Waals surface area contributed by atoms with Crippen molar-refractivity contribution in [1.29, 1.82) is 5.26 Å². The van der Waals surface area contributed by atoms with Gasteiger partial charge in [-0.1, -0.05) is 0 Å². The molecule has 1 aliphatic rings. The summed E-state index contributed by atoms with van der Waals surface area (Å²) >= 11 is 0. The molecule has 1 heterocycles. The van der Waals surface area contributed by atoms with E-state index >= 15 is 0 Å². The van der Waals surface area contributed by atoms with Crippen LogP contribution in [-0.4, -0.2) is 23.7 Å². The molecular formula is C6H9FN2. The maximum absolute atomic E-state index is 12.4. The molecule has 0 bridgehead atoms. The second-order valence-electron chi connectivity index (χ2n) is 2.43. The van der Waals surface area contributed by atoms with Crippen molar-refractivity contribution in [2.24, 2.45) is 0 Å². The molecule has 0 N–H and O–H groups in total. The number of likely N-dealkylation sites (tertiary alicyclic amines) is 1. The lowest BCUT2D eigenvalue weighted by Gasteiger charge is -2.10. The van der Waals surface area contributed by atoms with Gasteiger partial charge in [-0.25, -0.2) is 4.39 Å². The Morgan fingerprint density at radius 1 is 1.78 bits per heavy atom. The third-order valence-corrected chi connectivity index (χ3v) is 1.65. The van der Waals surface area contributed by atoms with E-state index in [0.29, 0.717) is 6.42 Å². The van der Waals surface area contributed by atoms with Crippen molar-refractivity contribution in [2.75, 3.05) is 6.54 Å². The van der Waals surface area contributed by atoms with Gasteiger partial charge in [-0.3, -0.25) is 0 Å². The quantitative estimate of drug-likeness (QED) is 0.453. The van der Waals surface area contributed by atoms with Crippen LogP contribution < -0.4 is 0 Å². The first-order valence-electron chi connectivity index (χ1n) is 3.04. The van der Waals surface area contributed by atoms with E-state index in [1.54, 1.807) is 0 Å². The van der Waals surface area contributed by atoms with E-state index in [4.69, 9.17) is 5.26 Å². The molecule has 0 radical (unpaired) electrons. The fraction of sp³-hybridized carbons (Fsp3) is 0.833. The highest BCUT2D eigenvalue weighted by Gasteiger charge is 2.27. The van der Waals surface area contributed by atoms with Crippen LogP contribution in [0.25, 0.3) is 0 Å². The first kappa shape index (κ1) is 6.34. The molecule has 1 saturated heterocycles. The minimum Gasteiger partial charge on any atom is -0.305 e. The number of rotatable bonds is 0. The predicted molar refractivity (Wildman–Crippen MR) is 31.3 cm³/mol. The minimum atomic E-state index is -0.792. The van der Waals surface area contributed by atoms with Crippen LogP contribution in [0.1, 0.15) is 13.3 Å². The minimum absolute atomic E-state index is 0.102. The third-order valence-electron chi connectivity index (χ3n) is 1.65. The highest BCUT2D eigenvalue weighted by Crippen LogP contribution is 2.17. The summed E-state index contributed by atoms with van der Waals surface area (Å²) in [7, 11) is 0. The number of nitrogens with zero attached hydrogens (tertiary/aromatic N) is 2. The number of halogens is 1. The summed E-state index contributed by atoms with van der Waals surface area (Å²) in [5.74, 6) is 0. The van der Waals surface area contributed by atoms with Crippen molar-refractivity contribution < 1.29 is 4.39 Å². The Hall–Kier alpha value is -0.780. The zero-order chi connectivity index (χ0) is 6.85. The standard InChI is InChI=1S/C6H9FN2/c1-5-2-6(7)3-9(5)4-8/h5-6H,2-3H2,1H3/t5?,6-/m1/s1. The van der Waals surface area contributed by atoms with Crippen molar-refractivity contribution >= 4 is 0 Å². The predicted octanol–water partition coefficient (Wildman–Crippen LogP) is 0.900. The number of hydrogen-bond acceptors (Lipinski definition) is 2. The molecule has 0 saturated carbocycles. The van der Waals surface area contributed by atoms with E-state index in [2.05, 4.69) is 0 Å². The maximum Gasteiger partial charge on any atom is 0.179 e. The molecule has 3 heteroatoms. The van der Waals surface area contributed by atoms with Crippen LogP contribution in [0.5, 0.6) is 0 Å². The SMILES string of the molecule is CC1C[C@@H](F)CN1C#N. The lowest BCUT2D eigenvalue weighted by Crippen LogP contribution is -2.20. The summed E-state index contributed by atoms with van der Waals surface area (Å²) in [6.07, 6.45) is 1.65. The lowest BCUT2D eigenvalue weighted by molar-refractivity contribution is 0.334. The van der Waals surface area contributed by atoms with Crippen molar-refractivity contribution in [3.63, 3.8) is 0 Å². The van der Waals surface area contributed by atoms with Crippen LogP contribution in [0, 0.1) is 11.5 Å². The Balaban J connectivity index is 2.50. The molecule has 0 aromatic heterocycles. The van der Waals surface area contributed by atoms with Crippen LogP contribution in [0.2, 0.25) is 0 Å². The van der Waals surface area contributed by atoms with Gasteiger partial charge in [0.05, 0.1) is 6.54 Å². The first-order chi connectivity index (χ1) is 4.24. The molecule has 0 aliphatic carbocycles. The van der Waals surface area contributed by atoms with Gasteiger partial charge < -0.3 is 4.90 Å². The number of alkyl halides is 1. The maximum atomic E-state index is 12.4. The van der Waals surface area contributed by atoms with Crippen LogP contribution in [-0.2, 0) is 0 Å². The van der Waals surface area contributed by atoms with E-state index in [1.807, 2.05) is 13.1 Å². The monoisotopic (exact) mass is 128 g/mol. The van der Waals surface area contributed by atoms with Gasteiger partial charge >= 0.3 is 0 Å². The summed E-state index contributed by atoms with van der Waals surface area (Å²) in [6, 6.07) is 0.102. The molecule has 9 heavy (non-hydrogen) atoms. The Labute approximate surface area is 53.9 Å². The van der Waals surface area contributed by atoms with Crippen LogP contribution in [0.4, 0.5) is 4.39 Å². The van der Waals surface area contributed by atoms with Gasteiger partial charge in [0.2, 0.25) is 0 Å². The Morgan fingerprint density at radius 3 is 2.67 bits per heavy atom. The second-order valence-corrected chi connectivity index (χ2v) is 2.43. The zero-order valence-electron chi connectivity index (χ0n) is 5.34. The average molecular weight is 128 g/mol. The molecule has 50 valence electrons. The molecule has 0 aromatic rings. The lowest BCUT2D eigenvalue weighted by atomic mass is 10.2. The summed E-state index contributed by atoms with van der Waals surface area (Å²) in [4.78, 5) is 1.48. The molecule has 0 spiro atoms. The molecule has 1 unspecified atom stereocenters. The normalized spacial score (nSPS) is 34.6. The van der Waals surface area contributed by atoms with E-state index in [9.17, 15) is 4.39 Å². The van der Waals surface area contributed by atoms with Crippen molar-refractivity contribution in [3.05, 3.63) is 0 Å². The Morgan fingerprint density at radius 2 is 2.44 bits per heavy atom. The summed E-state index contributed by atoms with van der Waals surface area (Å²) < 4.78 is 12.4. The molecule has 2 atom stereocenters. The Kier molecular flexibility index (Phi) is 1.56. The van der Waals surface area contributed by atoms with E-state index in [0.717, 1.165) is 0 Å². The highest BCUT2D eigenvalue weighted by atomic mass is 19.1. The molecule has 1 fully saturated rings. The molecule has 2 nitrogen and oxygen atoms in total. The highest BCUT2D eigenvalue weighted by molar-refractivity contribution is 4.89. The van der Waals surface area contributed by atoms with Gasteiger partial charge in [0.15, 0.2) is 6.19 Å². The van der Waals surface area contributed by atoms with Crippen LogP contribution in [0.3, 0.4) is 0 Å². The van der Waals surface area contributed by atoms with Crippen LogP contribution in [0.15, 0.2) is 0 Å². The largest absolute Gasteiger partial charge is 0.305 e. The third kappa shape index (κ3) is 1.13. The Bertz CT molecular complexity index is 140. The molecular weight excluding hydrogens is 119 g/mol. The van der Waals surface area contributed by atoms with Crippen molar-refractivity contribution in [2.45, 2.75) is 25.6 Å². The first-order valence-corrected chi connectivity index (χ1v) is 3.04. The molecule has 0 aromatic carbocycles. The second kappa shape index (κ2) is 2.22. The van der Waals surface area contributed by atoms with Gasteiger partial charge in [-0.2, -0.15) is 5.26 Å². The van der Waals surface area contributed by atoms with Crippen LogP contribution >= 0.6 is 0 Å². The summed E-state index contributed by atoms with van der Waals surface area (Å²) in [5, 5.41) is 8.36.